The molecule has 2 N–H and O–H groups in total. The highest BCUT2D eigenvalue weighted by molar-refractivity contribution is 5.90. The molecule has 0 spiro atoms. The van der Waals surface area contributed by atoms with Crippen LogP contribution in [0.15, 0.2) is 78.9 Å². The van der Waals surface area contributed by atoms with Crippen LogP contribution >= 0.6 is 0 Å². The number of alkyl halides is 3. The summed E-state index contributed by atoms with van der Waals surface area (Å²) in [7, 11) is 0. The Morgan fingerprint density at radius 3 is 2.17 bits per heavy atom. The molecule has 3 rings (SSSR count). The van der Waals surface area contributed by atoms with Crippen LogP contribution in [0.2, 0.25) is 0 Å². The molecule has 0 bridgehead atoms. The quantitative estimate of drug-likeness (QED) is 0.212. The van der Waals surface area contributed by atoms with Gasteiger partial charge in [0.1, 0.15) is 18.1 Å². The largest absolute Gasteiger partial charge is 0.494 e. The zero-order chi connectivity index (χ0) is 29.7. The zero-order valence-corrected chi connectivity index (χ0v) is 22.6. The Bertz CT molecular complexity index is 1240. The summed E-state index contributed by atoms with van der Waals surface area (Å²) in [6.45, 7) is 2.68. The van der Waals surface area contributed by atoms with Crippen LogP contribution in [0.5, 0.6) is 11.5 Å². The monoisotopic (exact) mass is 574 g/mol. The Hall–Kier alpha value is -4.25. The minimum atomic E-state index is -4.62. The number of benzene rings is 3. The first-order valence-corrected chi connectivity index (χ1v) is 13.1. The second kappa shape index (κ2) is 15.5. The molecule has 0 fully saturated rings. The standard InChI is InChI=1S/C30H33F3N2O6/c1-2-39-27(28(36)37)21-22-13-15-24(16-14-22)41-20-18-35(17-8-19-40-23-9-4-3-5-10-23)29(38)34-26-12-7-6-11-25(26)30(31,32)33/h3-7,9-16,27H,2,8,17-21H2,1H3,(H,34,38)(H,36,37). The summed E-state index contributed by atoms with van der Waals surface area (Å²) in [5.74, 6) is 0.120. The molecule has 11 heteroatoms. The van der Waals surface area contributed by atoms with E-state index in [-0.39, 0.29) is 38.4 Å². The van der Waals surface area contributed by atoms with Crippen LogP contribution in [0.3, 0.4) is 0 Å². The fraction of sp³-hybridized carbons (Fsp3) is 0.333. The molecule has 0 heterocycles. The number of halogens is 3. The molecular formula is C30H33F3N2O6. The molecule has 3 aromatic rings. The number of carbonyl (C=O) groups excluding carboxylic acids is 1. The van der Waals surface area contributed by atoms with Gasteiger partial charge >= 0.3 is 18.2 Å². The van der Waals surface area contributed by atoms with E-state index >= 15 is 0 Å². The van der Waals surface area contributed by atoms with Gasteiger partial charge in [-0.2, -0.15) is 13.2 Å². The molecule has 0 saturated carbocycles. The first kappa shape index (κ1) is 31.3. The van der Waals surface area contributed by atoms with Crippen LogP contribution in [0.25, 0.3) is 0 Å². The second-order valence-corrected chi connectivity index (χ2v) is 8.95. The van der Waals surface area contributed by atoms with E-state index in [1.54, 1.807) is 43.3 Å². The number of carboxylic acid groups (broad SMARTS) is 1. The molecule has 0 aliphatic carbocycles. The molecule has 1 unspecified atom stereocenters. The highest BCUT2D eigenvalue weighted by atomic mass is 19.4. The van der Waals surface area contributed by atoms with Gasteiger partial charge in [-0.15, -0.1) is 0 Å². The summed E-state index contributed by atoms with van der Waals surface area (Å²) in [6, 6.07) is 20.0. The highest BCUT2D eigenvalue weighted by Crippen LogP contribution is 2.34. The van der Waals surface area contributed by atoms with Crippen molar-refractivity contribution in [2.45, 2.75) is 32.0 Å². The first-order valence-electron chi connectivity index (χ1n) is 13.1. The van der Waals surface area contributed by atoms with E-state index in [1.165, 1.54) is 23.1 Å². The van der Waals surface area contributed by atoms with Crippen molar-refractivity contribution in [2.75, 3.05) is 38.2 Å². The fourth-order valence-electron chi connectivity index (χ4n) is 3.94. The predicted octanol–water partition coefficient (Wildman–Crippen LogP) is 6.12. The molecule has 0 aliphatic rings. The zero-order valence-electron chi connectivity index (χ0n) is 22.6. The molecule has 8 nitrogen and oxygen atoms in total. The van der Waals surface area contributed by atoms with Gasteiger partial charge in [0, 0.05) is 19.6 Å². The Labute approximate surface area is 236 Å². The maximum absolute atomic E-state index is 13.4. The molecule has 2 amide bonds. The number of rotatable bonds is 15. The average Bonchev–Trinajstić information content (AvgIpc) is 2.95. The summed E-state index contributed by atoms with van der Waals surface area (Å²) >= 11 is 0. The minimum Gasteiger partial charge on any atom is -0.494 e. The van der Waals surface area contributed by atoms with Crippen LogP contribution in [0.1, 0.15) is 24.5 Å². The lowest BCUT2D eigenvalue weighted by molar-refractivity contribution is -0.150. The number of carbonyl (C=O) groups is 2. The topological polar surface area (TPSA) is 97.3 Å². The molecular weight excluding hydrogens is 541 g/mol. The van der Waals surface area contributed by atoms with Gasteiger partial charge < -0.3 is 29.5 Å². The number of anilines is 1. The molecule has 0 radical (unpaired) electrons. The molecule has 0 aliphatic heterocycles. The smallest absolute Gasteiger partial charge is 0.418 e. The second-order valence-electron chi connectivity index (χ2n) is 8.95. The maximum Gasteiger partial charge on any atom is 0.418 e. The Kier molecular flexibility index (Phi) is 11.8. The number of para-hydroxylation sites is 2. The van der Waals surface area contributed by atoms with Crippen molar-refractivity contribution in [2.24, 2.45) is 0 Å². The molecule has 0 aromatic heterocycles. The third-order valence-electron chi connectivity index (χ3n) is 5.96. The number of urea groups is 1. The van der Waals surface area contributed by atoms with E-state index in [0.29, 0.717) is 24.5 Å². The lowest BCUT2D eigenvalue weighted by Gasteiger charge is -2.24. The van der Waals surface area contributed by atoms with Crippen molar-refractivity contribution >= 4 is 17.7 Å². The summed E-state index contributed by atoms with van der Waals surface area (Å²) in [5.41, 5.74) is -0.522. The van der Waals surface area contributed by atoms with Crippen molar-refractivity contribution < 1.29 is 42.1 Å². The number of amides is 2. The third kappa shape index (κ3) is 10.3. The van der Waals surface area contributed by atoms with Crippen LogP contribution < -0.4 is 14.8 Å². The summed E-state index contributed by atoms with van der Waals surface area (Å²) in [6.07, 6.45) is -4.95. The summed E-state index contributed by atoms with van der Waals surface area (Å²) in [5, 5.41) is 11.6. The van der Waals surface area contributed by atoms with Gasteiger partial charge in [0.15, 0.2) is 6.10 Å². The van der Waals surface area contributed by atoms with Gasteiger partial charge in [-0.1, -0.05) is 42.5 Å². The highest BCUT2D eigenvalue weighted by Gasteiger charge is 2.34. The molecule has 41 heavy (non-hydrogen) atoms. The molecule has 220 valence electrons. The number of ether oxygens (including phenoxy) is 3. The van der Waals surface area contributed by atoms with Crippen LogP contribution in [-0.4, -0.2) is 61.0 Å². The number of hydrogen-bond donors (Lipinski definition) is 2. The van der Waals surface area contributed by atoms with E-state index in [0.717, 1.165) is 11.6 Å². The lowest BCUT2D eigenvalue weighted by Crippen LogP contribution is -2.39. The molecule has 0 saturated heterocycles. The van der Waals surface area contributed by atoms with E-state index < -0.39 is 29.8 Å². The van der Waals surface area contributed by atoms with Crippen molar-refractivity contribution in [1.29, 1.82) is 0 Å². The lowest BCUT2D eigenvalue weighted by atomic mass is 10.1. The van der Waals surface area contributed by atoms with Gasteiger partial charge in [-0.05, 0) is 55.3 Å². The molecule has 3 aromatic carbocycles. The fourth-order valence-corrected chi connectivity index (χ4v) is 3.94. The van der Waals surface area contributed by atoms with Crippen LogP contribution in [0.4, 0.5) is 23.7 Å². The third-order valence-corrected chi connectivity index (χ3v) is 5.96. The van der Waals surface area contributed by atoms with E-state index in [1.807, 2.05) is 18.2 Å². The van der Waals surface area contributed by atoms with Crippen LogP contribution in [0, 0.1) is 0 Å². The van der Waals surface area contributed by atoms with Gasteiger partial charge in [-0.25, -0.2) is 9.59 Å². The van der Waals surface area contributed by atoms with E-state index in [2.05, 4.69) is 5.32 Å². The maximum atomic E-state index is 13.4. The number of nitrogens with zero attached hydrogens (tertiary/aromatic N) is 1. The average molecular weight is 575 g/mol. The number of nitrogens with one attached hydrogen (secondary N) is 1. The normalized spacial score (nSPS) is 11.9. The van der Waals surface area contributed by atoms with E-state index in [9.17, 15) is 27.9 Å². The van der Waals surface area contributed by atoms with Crippen molar-refractivity contribution in [3.05, 3.63) is 90.0 Å². The first-order chi connectivity index (χ1) is 19.7. The van der Waals surface area contributed by atoms with Crippen molar-refractivity contribution in [3.63, 3.8) is 0 Å². The Balaban J connectivity index is 1.60. The predicted molar refractivity (Wildman–Crippen MR) is 147 cm³/mol. The van der Waals surface area contributed by atoms with Gasteiger partial charge in [0.2, 0.25) is 0 Å². The van der Waals surface area contributed by atoms with Crippen molar-refractivity contribution in [1.82, 2.24) is 4.90 Å². The minimum absolute atomic E-state index is 0.0733. The van der Waals surface area contributed by atoms with Gasteiger partial charge in [0.05, 0.1) is 24.4 Å². The number of aliphatic carboxylic acids is 1. The van der Waals surface area contributed by atoms with E-state index in [4.69, 9.17) is 14.2 Å². The summed E-state index contributed by atoms with van der Waals surface area (Å²) < 4.78 is 57.0. The molecule has 1 atom stereocenters. The SMILES string of the molecule is CCOC(Cc1ccc(OCCN(CCCOc2ccccc2)C(=O)Nc2ccccc2C(F)(F)F)cc1)C(=O)O. The Morgan fingerprint density at radius 1 is 0.878 bits per heavy atom. The van der Waals surface area contributed by atoms with Crippen molar-refractivity contribution in [3.8, 4) is 11.5 Å². The Morgan fingerprint density at radius 2 is 1.51 bits per heavy atom. The number of carboxylic acids is 1. The summed E-state index contributed by atoms with van der Waals surface area (Å²) in [4.78, 5) is 25.7. The van der Waals surface area contributed by atoms with Gasteiger partial charge in [0.25, 0.3) is 0 Å². The number of hydrogen-bond acceptors (Lipinski definition) is 5. The van der Waals surface area contributed by atoms with Gasteiger partial charge in [-0.3, -0.25) is 0 Å². The van der Waals surface area contributed by atoms with Crippen LogP contribution in [-0.2, 0) is 22.1 Å².